The normalized spacial score (nSPS) is 10.9. The molecule has 0 saturated carbocycles. The van der Waals surface area contributed by atoms with Gasteiger partial charge < -0.3 is 4.98 Å². The van der Waals surface area contributed by atoms with Gasteiger partial charge in [-0.2, -0.15) is 0 Å². The molecule has 0 atom stereocenters. The first kappa shape index (κ1) is 8.19. The molecule has 0 unspecified atom stereocenters. The van der Waals surface area contributed by atoms with Crippen molar-refractivity contribution in [3.8, 4) is 0 Å². The first-order valence-electron chi connectivity index (χ1n) is 3.17. The monoisotopic (exact) mass is 292 g/mol. The Hall–Kier alpha value is -0.420. The van der Waals surface area contributed by atoms with Crippen LogP contribution in [0.4, 0.5) is 4.39 Å². The zero-order valence-electron chi connectivity index (χ0n) is 5.74. The number of fused-ring (bicyclic) bond motifs is 1. The minimum atomic E-state index is -0.364. The summed E-state index contributed by atoms with van der Waals surface area (Å²) in [6.07, 6.45) is 0. The van der Waals surface area contributed by atoms with Crippen LogP contribution in [0.15, 0.2) is 21.3 Å². The lowest BCUT2D eigenvalue weighted by Crippen LogP contribution is -1.82. The van der Waals surface area contributed by atoms with Crippen LogP contribution in [0.2, 0.25) is 0 Å². The molecule has 0 fully saturated rings. The Balaban J connectivity index is 2.83. The zero-order valence-corrected chi connectivity index (χ0v) is 8.91. The number of hydrogen-bond acceptors (Lipinski definition) is 1. The molecular weight excluding hydrogens is 291 g/mol. The van der Waals surface area contributed by atoms with E-state index in [0.29, 0.717) is 5.52 Å². The lowest BCUT2D eigenvalue weighted by atomic mass is 10.4. The summed E-state index contributed by atoms with van der Waals surface area (Å²) in [5.41, 5.74) is 1.41. The maximum atomic E-state index is 12.9. The maximum Gasteiger partial charge on any atom is 0.158 e. The van der Waals surface area contributed by atoms with Gasteiger partial charge in [0, 0.05) is 6.07 Å². The van der Waals surface area contributed by atoms with Crippen molar-refractivity contribution in [2.24, 2.45) is 0 Å². The smallest absolute Gasteiger partial charge is 0.158 e. The standard InChI is InChI=1S/C7H3Br2FN2/c8-6-2-5-4(11-6)1-3(10)7(9)12-5/h1-2,11H. The van der Waals surface area contributed by atoms with Crippen LogP contribution in [0.1, 0.15) is 0 Å². The van der Waals surface area contributed by atoms with Crippen molar-refractivity contribution < 1.29 is 4.39 Å². The first-order chi connectivity index (χ1) is 5.66. The van der Waals surface area contributed by atoms with Gasteiger partial charge in [0.1, 0.15) is 4.60 Å². The number of H-pyrrole nitrogens is 1. The molecule has 2 aromatic rings. The van der Waals surface area contributed by atoms with E-state index in [4.69, 9.17) is 0 Å². The minimum absolute atomic E-state index is 0.238. The van der Waals surface area contributed by atoms with Gasteiger partial charge in [-0.1, -0.05) is 0 Å². The predicted octanol–water partition coefficient (Wildman–Crippen LogP) is 3.23. The number of hydrogen-bond donors (Lipinski definition) is 1. The fourth-order valence-electron chi connectivity index (χ4n) is 0.975. The van der Waals surface area contributed by atoms with Gasteiger partial charge in [-0.15, -0.1) is 0 Å². The quantitative estimate of drug-likeness (QED) is 0.742. The van der Waals surface area contributed by atoms with Crippen LogP contribution >= 0.6 is 31.9 Å². The Bertz CT molecular complexity index is 399. The first-order valence-corrected chi connectivity index (χ1v) is 4.75. The lowest BCUT2D eigenvalue weighted by Gasteiger charge is -1.92. The Morgan fingerprint density at radius 1 is 1.33 bits per heavy atom. The van der Waals surface area contributed by atoms with Crippen molar-refractivity contribution in [1.82, 2.24) is 9.97 Å². The largest absolute Gasteiger partial charge is 0.348 e. The van der Waals surface area contributed by atoms with Gasteiger partial charge in [0.2, 0.25) is 0 Å². The highest BCUT2D eigenvalue weighted by Gasteiger charge is 2.05. The molecule has 0 aromatic carbocycles. The van der Waals surface area contributed by atoms with E-state index in [1.807, 2.05) is 0 Å². The third-order valence-corrected chi connectivity index (χ3v) is 2.46. The third kappa shape index (κ3) is 1.27. The van der Waals surface area contributed by atoms with Crippen molar-refractivity contribution in [3.05, 3.63) is 27.2 Å². The third-order valence-electron chi connectivity index (χ3n) is 1.48. The van der Waals surface area contributed by atoms with Crippen molar-refractivity contribution >= 4 is 42.9 Å². The van der Waals surface area contributed by atoms with E-state index in [1.54, 1.807) is 6.07 Å². The number of nitrogens with one attached hydrogen (secondary N) is 1. The SMILES string of the molecule is Fc1cc2[nH]c(Br)cc2nc1Br. The number of aromatic nitrogens is 2. The molecule has 12 heavy (non-hydrogen) atoms. The van der Waals surface area contributed by atoms with Crippen LogP contribution in [0.25, 0.3) is 11.0 Å². The molecule has 0 amide bonds. The van der Waals surface area contributed by atoms with Crippen molar-refractivity contribution in [2.45, 2.75) is 0 Å². The van der Waals surface area contributed by atoms with E-state index in [1.165, 1.54) is 6.07 Å². The van der Waals surface area contributed by atoms with E-state index in [0.717, 1.165) is 10.1 Å². The van der Waals surface area contributed by atoms with Crippen LogP contribution in [0.3, 0.4) is 0 Å². The molecule has 2 nitrogen and oxygen atoms in total. The highest BCUT2D eigenvalue weighted by Crippen LogP contribution is 2.22. The fourth-order valence-corrected chi connectivity index (χ4v) is 1.71. The second kappa shape index (κ2) is 2.81. The van der Waals surface area contributed by atoms with Gasteiger partial charge in [0.05, 0.1) is 15.6 Å². The molecule has 0 radical (unpaired) electrons. The average Bonchev–Trinajstić information content (AvgIpc) is 2.30. The highest BCUT2D eigenvalue weighted by molar-refractivity contribution is 9.10. The Morgan fingerprint density at radius 2 is 2.08 bits per heavy atom. The summed E-state index contributed by atoms with van der Waals surface area (Å²) in [4.78, 5) is 6.90. The molecule has 62 valence electrons. The van der Waals surface area contributed by atoms with E-state index in [9.17, 15) is 4.39 Å². The summed E-state index contributed by atoms with van der Waals surface area (Å²) in [7, 11) is 0. The minimum Gasteiger partial charge on any atom is -0.348 e. The summed E-state index contributed by atoms with van der Waals surface area (Å²) in [6.45, 7) is 0. The molecule has 0 aliphatic rings. The van der Waals surface area contributed by atoms with E-state index in [2.05, 4.69) is 41.8 Å². The molecule has 0 aliphatic carbocycles. The molecule has 2 aromatic heterocycles. The van der Waals surface area contributed by atoms with Crippen molar-refractivity contribution in [3.63, 3.8) is 0 Å². The molecular formula is C7H3Br2FN2. The number of aromatic amines is 1. The number of halogens is 3. The molecule has 5 heteroatoms. The van der Waals surface area contributed by atoms with Crippen LogP contribution in [-0.2, 0) is 0 Å². The van der Waals surface area contributed by atoms with Crippen molar-refractivity contribution in [2.75, 3.05) is 0 Å². The molecule has 0 aliphatic heterocycles. The van der Waals surface area contributed by atoms with E-state index in [-0.39, 0.29) is 10.4 Å². The fraction of sp³-hybridized carbons (Fsp3) is 0. The number of pyridine rings is 1. The van der Waals surface area contributed by atoms with E-state index < -0.39 is 0 Å². The molecule has 1 N–H and O–H groups in total. The summed E-state index contributed by atoms with van der Waals surface area (Å²) >= 11 is 6.25. The zero-order chi connectivity index (χ0) is 8.72. The highest BCUT2D eigenvalue weighted by atomic mass is 79.9. The van der Waals surface area contributed by atoms with E-state index >= 15 is 0 Å². The van der Waals surface area contributed by atoms with Crippen molar-refractivity contribution in [1.29, 1.82) is 0 Å². The van der Waals surface area contributed by atoms with Crippen LogP contribution in [0, 0.1) is 5.82 Å². The molecule has 0 bridgehead atoms. The van der Waals surface area contributed by atoms with Crippen LogP contribution in [-0.4, -0.2) is 9.97 Å². The second-order valence-electron chi connectivity index (χ2n) is 2.31. The van der Waals surface area contributed by atoms with Gasteiger partial charge in [-0.25, -0.2) is 9.37 Å². The number of nitrogens with zero attached hydrogens (tertiary/aromatic N) is 1. The molecule has 0 spiro atoms. The van der Waals surface area contributed by atoms with Crippen LogP contribution in [0.5, 0.6) is 0 Å². The van der Waals surface area contributed by atoms with Gasteiger partial charge in [-0.3, -0.25) is 0 Å². The lowest BCUT2D eigenvalue weighted by molar-refractivity contribution is 0.616. The Kier molecular flexibility index (Phi) is 1.92. The number of rotatable bonds is 0. The summed E-state index contributed by atoms with van der Waals surface area (Å²) in [5.74, 6) is -0.364. The van der Waals surface area contributed by atoms with Gasteiger partial charge in [0.25, 0.3) is 0 Å². The second-order valence-corrected chi connectivity index (χ2v) is 3.92. The van der Waals surface area contributed by atoms with Gasteiger partial charge in [-0.05, 0) is 37.9 Å². The topological polar surface area (TPSA) is 28.7 Å². The Labute approximate surface area is 84.4 Å². The van der Waals surface area contributed by atoms with Gasteiger partial charge in [0.15, 0.2) is 5.82 Å². The maximum absolute atomic E-state index is 12.9. The summed E-state index contributed by atoms with van der Waals surface area (Å²) in [6, 6.07) is 3.19. The average molecular weight is 294 g/mol. The Morgan fingerprint density at radius 3 is 2.83 bits per heavy atom. The predicted molar refractivity (Wildman–Crippen MR) is 51.5 cm³/mol. The molecule has 2 heterocycles. The molecule has 2 rings (SSSR count). The summed E-state index contributed by atoms with van der Waals surface area (Å²) in [5, 5.41) is 0. The van der Waals surface area contributed by atoms with Gasteiger partial charge >= 0.3 is 0 Å². The van der Waals surface area contributed by atoms with Crippen LogP contribution < -0.4 is 0 Å². The summed E-state index contributed by atoms with van der Waals surface area (Å²) < 4.78 is 13.9. The molecule has 0 saturated heterocycles.